The maximum atomic E-state index is 10.8. The van der Waals surface area contributed by atoms with E-state index in [9.17, 15) is 9.90 Å². The Kier molecular flexibility index (Phi) is 6.14. The fraction of sp³-hybridized carbons (Fsp3) is 0.857. The number of hydrogen-bond donors (Lipinski definition) is 3. The summed E-state index contributed by atoms with van der Waals surface area (Å²) >= 11 is 3.89. The van der Waals surface area contributed by atoms with Gasteiger partial charge in [-0.3, -0.25) is 4.79 Å². The molecule has 0 aliphatic heterocycles. The topological polar surface area (TPSA) is 72.5 Å². The van der Waals surface area contributed by atoms with Crippen molar-refractivity contribution < 1.29 is 14.6 Å². The molecule has 0 saturated heterocycles. The van der Waals surface area contributed by atoms with E-state index in [0.717, 1.165) is 0 Å². The maximum absolute atomic E-state index is 10.8. The van der Waals surface area contributed by atoms with E-state index < -0.39 is 18.1 Å². The molecule has 0 aromatic carbocycles. The minimum absolute atomic E-state index is 0.0600. The molecular weight excluding hydrogens is 178 g/mol. The Balaban J connectivity index is 3.67. The van der Waals surface area contributed by atoms with Crippen LogP contribution < -0.4 is 5.73 Å². The Bertz CT molecular complexity index is 143. The van der Waals surface area contributed by atoms with Crippen molar-refractivity contribution >= 4 is 18.6 Å². The van der Waals surface area contributed by atoms with Gasteiger partial charge in [0, 0.05) is 11.8 Å². The third kappa shape index (κ3) is 4.58. The lowest BCUT2D eigenvalue weighted by Gasteiger charge is -2.15. The molecule has 72 valence electrons. The molecule has 12 heavy (non-hydrogen) atoms. The number of hydrogen-bond acceptors (Lipinski definition) is 5. The van der Waals surface area contributed by atoms with Crippen molar-refractivity contribution in [1.82, 2.24) is 0 Å². The summed E-state index contributed by atoms with van der Waals surface area (Å²) in [7, 11) is 0. The second-order valence-electron chi connectivity index (χ2n) is 2.42. The lowest BCUT2D eigenvalue weighted by Crippen LogP contribution is -2.38. The molecule has 0 aromatic rings. The molecular formula is C7H15NO3S. The van der Waals surface area contributed by atoms with Gasteiger partial charge in [0.25, 0.3) is 0 Å². The minimum Gasteiger partial charge on any atom is -0.466 e. The van der Waals surface area contributed by atoms with E-state index in [1.54, 1.807) is 6.92 Å². The van der Waals surface area contributed by atoms with Gasteiger partial charge in [-0.1, -0.05) is 0 Å². The van der Waals surface area contributed by atoms with Crippen molar-refractivity contribution in [2.75, 3.05) is 12.4 Å². The summed E-state index contributed by atoms with van der Waals surface area (Å²) < 4.78 is 4.63. The molecule has 0 fully saturated rings. The zero-order chi connectivity index (χ0) is 9.56. The summed E-state index contributed by atoms with van der Waals surface area (Å²) in [6.45, 7) is 2.03. The first-order chi connectivity index (χ1) is 5.61. The van der Waals surface area contributed by atoms with Crippen LogP contribution in [0.15, 0.2) is 0 Å². The molecule has 4 nitrogen and oxygen atoms in total. The predicted octanol–water partition coefficient (Wildman–Crippen LogP) is -0.442. The maximum Gasteiger partial charge on any atom is 0.308 e. The first-order valence-electron chi connectivity index (χ1n) is 3.82. The predicted molar refractivity (Wildman–Crippen MR) is 49.1 cm³/mol. The summed E-state index contributed by atoms with van der Waals surface area (Å²) in [5.41, 5.74) is 5.43. The van der Waals surface area contributed by atoms with Crippen LogP contribution in [0.3, 0.4) is 0 Å². The van der Waals surface area contributed by atoms with Crippen molar-refractivity contribution in [3.8, 4) is 0 Å². The molecule has 3 N–H and O–H groups in total. The molecule has 0 spiro atoms. The van der Waals surface area contributed by atoms with Crippen LogP contribution in [0.4, 0.5) is 0 Å². The zero-order valence-corrected chi connectivity index (χ0v) is 7.96. The monoisotopic (exact) mass is 193 g/mol. The lowest BCUT2D eigenvalue weighted by atomic mass is 10.1. The highest BCUT2D eigenvalue weighted by atomic mass is 32.1. The molecule has 0 aliphatic carbocycles. The van der Waals surface area contributed by atoms with E-state index in [4.69, 9.17) is 5.73 Å². The first-order valence-corrected chi connectivity index (χ1v) is 4.45. The van der Waals surface area contributed by atoms with Crippen molar-refractivity contribution in [3.63, 3.8) is 0 Å². The Hall–Kier alpha value is -0.260. The second kappa shape index (κ2) is 6.28. The Morgan fingerprint density at radius 3 is 2.75 bits per heavy atom. The smallest absolute Gasteiger partial charge is 0.308 e. The average molecular weight is 193 g/mol. The van der Waals surface area contributed by atoms with Gasteiger partial charge in [0.15, 0.2) is 0 Å². The van der Waals surface area contributed by atoms with Gasteiger partial charge in [0.1, 0.15) is 0 Å². The van der Waals surface area contributed by atoms with Gasteiger partial charge in [-0.25, -0.2) is 0 Å². The number of esters is 1. The zero-order valence-electron chi connectivity index (χ0n) is 7.06. The van der Waals surface area contributed by atoms with Crippen LogP contribution in [-0.4, -0.2) is 35.6 Å². The lowest BCUT2D eigenvalue weighted by molar-refractivity contribution is -0.145. The Morgan fingerprint density at radius 2 is 2.33 bits per heavy atom. The molecule has 0 bridgehead atoms. The van der Waals surface area contributed by atoms with Crippen molar-refractivity contribution in [2.24, 2.45) is 5.73 Å². The summed E-state index contributed by atoms with van der Waals surface area (Å²) in [5, 5.41) is 9.24. The normalized spacial score (nSPS) is 15.3. The van der Waals surface area contributed by atoms with Crippen molar-refractivity contribution in [1.29, 1.82) is 0 Å². The summed E-state index contributed by atoms with van der Waals surface area (Å²) in [6.07, 6.45) is -0.920. The molecule has 0 amide bonds. The van der Waals surface area contributed by atoms with E-state index in [1.165, 1.54) is 0 Å². The number of nitrogens with two attached hydrogens (primary N) is 1. The van der Waals surface area contributed by atoms with Crippen LogP contribution in [-0.2, 0) is 9.53 Å². The third-order valence-electron chi connectivity index (χ3n) is 1.39. The Morgan fingerprint density at radius 1 is 1.75 bits per heavy atom. The minimum atomic E-state index is -0.860. The fourth-order valence-electron chi connectivity index (χ4n) is 0.664. The van der Waals surface area contributed by atoms with Crippen LogP contribution >= 0.6 is 12.6 Å². The van der Waals surface area contributed by atoms with E-state index in [-0.39, 0.29) is 6.42 Å². The molecule has 5 heteroatoms. The second-order valence-corrected chi connectivity index (χ2v) is 2.79. The number of aliphatic hydroxyl groups is 1. The quantitative estimate of drug-likeness (QED) is 0.409. The first kappa shape index (κ1) is 11.7. The fourth-order valence-corrected chi connectivity index (χ4v) is 0.907. The molecule has 0 unspecified atom stereocenters. The SMILES string of the molecule is CCOC(=O)C[C@H](O)[C@@H](N)CS. The largest absolute Gasteiger partial charge is 0.466 e. The number of rotatable bonds is 5. The van der Waals surface area contributed by atoms with E-state index >= 15 is 0 Å². The highest BCUT2D eigenvalue weighted by Gasteiger charge is 2.17. The van der Waals surface area contributed by atoms with Gasteiger partial charge in [-0.05, 0) is 6.92 Å². The number of carbonyl (C=O) groups is 1. The van der Waals surface area contributed by atoms with E-state index in [2.05, 4.69) is 17.4 Å². The summed E-state index contributed by atoms with van der Waals surface area (Å²) in [6, 6.07) is -0.474. The van der Waals surface area contributed by atoms with Gasteiger partial charge in [-0.15, -0.1) is 0 Å². The number of ether oxygens (including phenoxy) is 1. The van der Waals surface area contributed by atoms with Gasteiger partial charge >= 0.3 is 5.97 Å². The molecule has 0 radical (unpaired) electrons. The van der Waals surface area contributed by atoms with Crippen LogP contribution in [0.5, 0.6) is 0 Å². The van der Waals surface area contributed by atoms with Crippen molar-refractivity contribution in [2.45, 2.75) is 25.5 Å². The molecule has 0 rings (SSSR count). The van der Waals surface area contributed by atoms with Crippen molar-refractivity contribution in [3.05, 3.63) is 0 Å². The van der Waals surface area contributed by atoms with Gasteiger partial charge in [0.2, 0.25) is 0 Å². The Labute approximate surface area is 77.5 Å². The standard InChI is InChI=1S/C7H15NO3S/c1-2-11-7(10)3-6(9)5(8)4-12/h5-6,9,12H,2-4,8H2,1H3/t5-,6-/m0/s1. The van der Waals surface area contributed by atoms with Crippen LogP contribution in [0.1, 0.15) is 13.3 Å². The molecule has 0 aromatic heterocycles. The average Bonchev–Trinajstić information content (AvgIpc) is 2.03. The molecule has 2 atom stereocenters. The van der Waals surface area contributed by atoms with E-state index in [0.29, 0.717) is 12.4 Å². The van der Waals surface area contributed by atoms with Gasteiger partial charge in [0.05, 0.1) is 19.1 Å². The number of aliphatic hydroxyl groups excluding tert-OH is 1. The third-order valence-corrected chi connectivity index (χ3v) is 1.81. The van der Waals surface area contributed by atoms with Crippen LogP contribution in [0.2, 0.25) is 0 Å². The number of thiol groups is 1. The number of carbonyl (C=O) groups excluding carboxylic acids is 1. The highest BCUT2D eigenvalue weighted by molar-refractivity contribution is 7.80. The van der Waals surface area contributed by atoms with Gasteiger partial charge in [-0.2, -0.15) is 12.6 Å². The summed E-state index contributed by atoms with van der Waals surface area (Å²) in [4.78, 5) is 10.8. The summed E-state index contributed by atoms with van der Waals surface area (Å²) in [5.74, 6) is -0.0807. The van der Waals surface area contributed by atoms with Gasteiger partial charge < -0.3 is 15.6 Å². The molecule has 0 aliphatic rings. The van der Waals surface area contributed by atoms with E-state index in [1.807, 2.05) is 0 Å². The molecule has 0 heterocycles. The highest BCUT2D eigenvalue weighted by Crippen LogP contribution is 2.00. The van der Waals surface area contributed by atoms with Crippen LogP contribution in [0, 0.1) is 0 Å². The van der Waals surface area contributed by atoms with Crippen LogP contribution in [0.25, 0.3) is 0 Å². The molecule has 0 saturated carbocycles.